The normalized spacial score (nSPS) is 13.9. The number of aromatic amines is 1. The molecule has 0 fully saturated rings. The molecule has 0 amide bonds. The largest absolute Gasteiger partial charge is 0.306 e. The molecule has 0 unspecified atom stereocenters. The number of nitrogens with zero attached hydrogens (tertiary/aromatic N) is 3. The fraction of sp³-hybridized carbons (Fsp3) is 0.174. The molecule has 0 radical (unpaired) electrons. The second-order valence-electron chi connectivity index (χ2n) is 7.46. The molecule has 1 aliphatic rings. The molecule has 0 saturated heterocycles. The van der Waals surface area contributed by atoms with Gasteiger partial charge in [0.05, 0.1) is 21.8 Å². The molecule has 0 bridgehead atoms. The zero-order chi connectivity index (χ0) is 21.4. The van der Waals surface area contributed by atoms with E-state index < -0.39 is 11.6 Å². The highest BCUT2D eigenvalue weighted by molar-refractivity contribution is 7.13. The van der Waals surface area contributed by atoms with Crippen molar-refractivity contribution in [1.82, 2.24) is 19.9 Å². The zero-order valence-corrected chi connectivity index (χ0v) is 17.3. The van der Waals surface area contributed by atoms with Gasteiger partial charge in [-0.05, 0) is 41.3 Å². The third-order valence-electron chi connectivity index (χ3n) is 5.35. The molecule has 3 aromatic heterocycles. The Hall–Kier alpha value is -3.23. The molecule has 0 saturated carbocycles. The van der Waals surface area contributed by atoms with Crippen molar-refractivity contribution in [3.05, 3.63) is 92.9 Å². The lowest BCUT2D eigenvalue weighted by atomic mass is 10.1. The lowest BCUT2D eigenvalue weighted by Crippen LogP contribution is -2.35. The lowest BCUT2D eigenvalue weighted by molar-refractivity contribution is 0.241. The van der Waals surface area contributed by atoms with Crippen LogP contribution in [0.15, 0.2) is 58.8 Å². The van der Waals surface area contributed by atoms with Crippen LogP contribution in [-0.4, -0.2) is 26.4 Å². The molecular formula is C23H18F2N4OS. The molecule has 0 spiro atoms. The Morgan fingerprint density at radius 3 is 2.77 bits per heavy atom. The summed E-state index contributed by atoms with van der Waals surface area (Å²) >= 11 is 1.55. The monoisotopic (exact) mass is 436 g/mol. The number of nitrogens with one attached hydrogen (secondary N) is 1. The maximum atomic E-state index is 13.5. The molecule has 5 rings (SSSR count). The fourth-order valence-electron chi connectivity index (χ4n) is 3.75. The summed E-state index contributed by atoms with van der Waals surface area (Å²) in [6.07, 6.45) is 2.44. The number of H-pyrrole nitrogens is 1. The first kappa shape index (κ1) is 19.7. The molecule has 1 aromatic carbocycles. The van der Waals surface area contributed by atoms with Crippen LogP contribution < -0.4 is 5.56 Å². The summed E-state index contributed by atoms with van der Waals surface area (Å²) in [5.41, 5.74) is 3.55. The minimum Gasteiger partial charge on any atom is -0.306 e. The summed E-state index contributed by atoms with van der Waals surface area (Å²) in [5.74, 6) is -1.14. The van der Waals surface area contributed by atoms with Gasteiger partial charge >= 0.3 is 0 Å². The second-order valence-corrected chi connectivity index (χ2v) is 8.41. The second kappa shape index (κ2) is 8.13. The van der Waals surface area contributed by atoms with Crippen LogP contribution in [0.25, 0.3) is 22.0 Å². The van der Waals surface area contributed by atoms with Crippen molar-refractivity contribution < 1.29 is 8.78 Å². The van der Waals surface area contributed by atoms with Crippen LogP contribution >= 0.6 is 11.3 Å². The van der Waals surface area contributed by atoms with E-state index in [4.69, 9.17) is 0 Å². The average molecular weight is 436 g/mol. The number of hydrogen-bond donors (Lipinski definition) is 1. The highest BCUT2D eigenvalue weighted by Crippen LogP contribution is 2.24. The molecule has 1 N–H and O–H groups in total. The number of halogens is 2. The number of benzene rings is 1. The molecule has 0 atom stereocenters. The van der Waals surface area contributed by atoms with Crippen molar-refractivity contribution in [2.45, 2.75) is 19.5 Å². The standard InChI is InChI=1S/C23H18F2N4OS/c24-17-5-4-15(10-18(17)25)19-6-3-14(11-26-19)12-29-8-7-20-16(13-29)23(30)28-22(27-20)21-2-1-9-31-21/h1-6,9-11H,7-8,12-13H2,(H,27,28,30). The third-order valence-corrected chi connectivity index (χ3v) is 6.23. The summed E-state index contributed by atoms with van der Waals surface area (Å²) in [4.78, 5) is 27.7. The van der Waals surface area contributed by atoms with E-state index in [1.807, 2.05) is 23.6 Å². The van der Waals surface area contributed by atoms with Crippen molar-refractivity contribution in [2.24, 2.45) is 0 Å². The Morgan fingerprint density at radius 1 is 1.13 bits per heavy atom. The van der Waals surface area contributed by atoms with Gasteiger partial charge in [-0.1, -0.05) is 12.1 Å². The Kier molecular flexibility index (Phi) is 5.17. The summed E-state index contributed by atoms with van der Waals surface area (Å²) < 4.78 is 26.6. The summed E-state index contributed by atoms with van der Waals surface area (Å²) in [6.45, 7) is 1.95. The molecule has 0 aliphatic carbocycles. The van der Waals surface area contributed by atoms with Gasteiger partial charge in [-0.3, -0.25) is 14.7 Å². The SMILES string of the molecule is O=c1[nH]c(-c2cccs2)nc2c1CN(Cc1ccc(-c3ccc(F)c(F)c3)nc1)CC2. The minimum absolute atomic E-state index is 0.0927. The molecule has 4 aromatic rings. The first-order chi connectivity index (χ1) is 15.1. The molecule has 31 heavy (non-hydrogen) atoms. The number of aromatic nitrogens is 3. The van der Waals surface area contributed by atoms with Crippen LogP contribution in [0.3, 0.4) is 0 Å². The Balaban J connectivity index is 1.31. The topological polar surface area (TPSA) is 61.9 Å². The Morgan fingerprint density at radius 2 is 2.03 bits per heavy atom. The van der Waals surface area contributed by atoms with Crippen LogP contribution in [0.2, 0.25) is 0 Å². The van der Waals surface area contributed by atoms with Gasteiger partial charge in [0.2, 0.25) is 0 Å². The highest BCUT2D eigenvalue weighted by atomic mass is 32.1. The van der Waals surface area contributed by atoms with E-state index >= 15 is 0 Å². The van der Waals surface area contributed by atoms with Gasteiger partial charge in [0.1, 0.15) is 0 Å². The predicted octanol–water partition coefficient (Wildman–Crippen LogP) is 4.40. The van der Waals surface area contributed by atoms with Crippen molar-refractivity contribution >= 4 is 11.3 Å². The van der Waals surface area contributed by atoms with Gasteiger partial charge in [0.25, 0.3) is 5.56 Å². The van der Waals surface area contributed by atoms with Gasteiger partial charge < -0.3 is 4.98 Å². The molecule has 156 valence electrons. The average Bonchev–Trinajstić information content (AvgIpc) is 3.32. The van der Waals surface area contributed by atoms with E-state index in [9.17, 15) is 13.6 Å². The molecular weight excluding hydrogens is 418 g/mol. The van der Waals surface area contributed by atoms with E-state index in [2.05, 4.69) is 19.9 Å². The number of rotatable bonds is 4. The molecule has 5 nitrogen and oxygen atoms in total. The number of pyridine rings is 1. The first-order valence-electron chi connectivity index (χ1n) is 9.85. The third kappa shape index (κ3) is 4.04. The summed E-state index contributed by atoms with van der Waals surface area (Å²) in [7, 11) is 0. The van der Waals surface area contributed by atoms with E-state index in [0.29, 0.717) is 42.2 Å². The van der Waals surface area contributed by atoms with Crippen molar-refractivity contribution in [3.63, 3.8) is 0 Å². The minimum atomic E-state index is -0.892. The Bertz CT molecular complexity index is 1290. The number of hydrogen-bond acceptors (Lipinski definition) is 5. The molecule has 4 heterocycles. The van der Waals surface area contributed by atoms with Gasteiger partial charge in [-0.2, -0.15) is 0 Å². The maximum absolute atomic E-state index is 13.5. The highest BCUT2D eigenvalue weighted by Gasteiger charge is 2.22. The van der Waals surface area contributed by atoms with Crippen LogP contribution in [0.1, 0.15) is 16.8 Å². The first-order valence-corrected chi connectivity index (χ1v) is 10.7. The van der Waals surface area contributed by atoms with Gasteiger partial charge in [0.15, 0.2) is 17.5 Å². The van der Waals surface area contributed by atoms with Crippen LogP contribution in [0.4, 0.5) is 8.78 Å². The van der Waals surface area contributed by atoms with Crippen molar-refractivity contribution in [2.75, 3.05) is 6.54 Å². The maximum Gasteiger partial charge on any atom is 0.255 e. The van der Waals surface area contributed by atoms with Gasteiger partial charge in [-0.25, -0.2) is 13.8 Å². The number of fused-ring (bicyclic) bond motifs is 1. The van der Waals surface area contributed by atoms with Gasteiger partial charge in [-0.15, -0.1) is 11.3 Å². The summed E-state index contributed by atoms with van der Waals surface area (Å²) in [6, 6.07) is 11.3. The van der Waals surface area contributed by atoms with Crippen LogP contribution in [0, 0.1) is 11.6 Å². The summed E-state index contributed by atoms with van der Waals surface area (Å²) in [5, 5.41) is 1.96. The molecule has 1 aliphatic heterocycles. The lowest BCUT2D eigenvalue weighted by Gasteiger charge is -2.27. The van der Waals surface area contributed by atoms with Crippen LogP contribution in [-0.2, 0) is 19.5 Å². The van der Waals surface area contributed by atoms with Gasteiger partial charge in [0, 0.05) is 37.8 Å². The quantitative estimate of drug-likeness (QED) is 0.515. The van der Waals surface area contributed by atoms with Crippen molar-refractivity contribution in [3.8, 4) is 22.0 Å². The smallest absolute Gasteiger partial charge is 0.255 e. The van der Waals surface area contributed by atoms with E-state index in [1.165, 1.54) is 6.07 Å². The van der Waals surface area contributed by atoms with E-state index in [-0.39, 0.29) is 5.56 Å². The predicted molar refractivity (Wildman–Crippen MR) is 116 cm³/mol. The van der Waals surface area contributed by atoms with Crippen molar-refractivity contribution in [1.29, 1.82) is 0 Å². The van der Waals surface area contributed by atoms with E-state index in [1.54, 1.807) is 23.6 Å². The Labute approximate surface area is 181 Å². The molecule has 8 heteroatoms. The zero-order valence-electron chi connectivity index (χ0n) is 16.4. The van der Waals surface area contributed by atoms with Crippen LogP contribution in [0.5, 0.6) is 0 Å². The fourth-order valence-corrected chi connectivity index (χ4v) is 4.42. The number of thiophene rings is 1. The van der Waals surface area contributed by atoms with E-state index in [0.717, 1.165) is 34.8 Å².